The fourth-order valence-corrected chi connectivity index (χ4v) is 3.09. The number of aliphatic hydroxyl groups is 1. The van der Waals surface area contributed by atoms with E-state index in [9.17, 15) is 15.0 Å². The van der Waals surface area contributed by atoms with E-state index in [1.165, 1.54) is 0 Å². The van der Waals surface area contributed by atoms with E-state index >= 15 is 0 Å². The number of aromatic hydroxyl groups is 1. The minimum atomic E-state index is -0.110. The Hall–Kier alpha value is -1.59. The van der Waals surface area contributed by atoms with Crippen LogP contribution in [-0.2, 0) is 0 Å². The lowest BCUT2D eigenvalue weighted by Gasteiger charge is -2.38. The van der Waals surface area contributed by atoms with Crippen molar-refractivity contribution in [2.75, 3.05) is 32.8 Å². The lowest BCUT2D eigenvalue weighted by molar-refractivity contribution is 0.0470. The maximum absolute atomic E-state index is 12.6. The molecule has 2 N–H and O–H groups in total. The maximum Gasteiger partial charge on any atom is 0.257 e. The molecule has 5 heteroatoms. The van der Waals surface area contributed by atoms with Crippen LogP contribution in [0.3, 0.4) is 0 Å². The number of rotatable bonds is 4. The minimum absolute atomic E-state index is 0.0832. The van der Waals surface area contributed by atoms with Gasteiger partial charge in [0, 0.05) is 32.2 Å². The maximum atomic E-state index is 12.6. The van der Waals surface area contributed by atoms with E-state index < -0.39 is 0 Å². The normalized spacial score (nSPS) is 17.5. The van der Waals surface area contributed by atoms with Gasteiger partial charge in [0.05, 0.1) is 12.2 Å². The Kier molecular flexibility index (Phi) is 5.42. The van der Waals surface area contributed by atoms with E-state index in [4.69, 9.17) is 0 Å². The molecule has 0 spiro atoms. The molecule has 2 rings (SSSR count). The van der Waals surface area contributed by atoms with Crippen LogP contribution in [0.1, 0.15) is 34.8 Å². The quantitative estimate of drug-likeness (QED) is 0.885. The molecule has 0 saturated carbocycles. The zero-order valence-electron chi connectivity index (χ0n) is 13.7. The highest BCUT2D eigenvalue weighted by atomic mass is 16.3. The number of carbonyl (C=O) groups is 1. The van der Waals surface area contributed by atoms with Crippen LogP contribution in [0, 0.1) is 13.8 Å². The average molecular weight is 306 g/mol. The van der Waals surface area contributed by atoms with Crippen LogP contribution in [0.2, 0.25) is 0 Å². The van der Waals surface area contributed by atoms with Crippen molar-refractivity contribution in [3.8, 4) is 5.75 Å². The number of phenolic OH excluding ortho intramolecular Hbond substituents is 1. The van der Waals surface area contributed by atoms with Gasteiger partial charge in [-0.15, -0.1) is 0 Å². The standard InChI is InChI=1S/C17H26N2O3/c1-4-14(11-20)18-5-7-19(8-6-18)17(22)15-10-12(2)9-13(3)16(15)21/h9-10,14,20-21H,4-8,11H2,1-3H3. The summed E-state index contributed by atoms with van der Waals surface area (Å²) in [4.78, 5) is 16.7. The first kappa shape index (κ1) is 16.8. The third-order valence-electron chi connectivity index (χ3n) is 4.48. The Morgan fingerprint density at radius 2 is 1.86 bits per heavy atom. The molecule has 0 aliphatic carbocycles. The molecular weight excluding hydrogens is 280 g/mol. The molecule has 1 aromatic rings. The van der Waals surface area contributed by atoms with Crippen LogP contribution in [0.25, 0.3) is 0 Å². The second kappa shape index (κ2) is 7.11. The van der Waals surface area contributed by atoms with Gasteiger partial charge >= 0.3 is 0 Å². The number of amides is 1. The molecule has 1 aliphatic rings. The molecule has 1 amide bonds. The van der Waals surface area contributed by atoms with Gasteiger partial charge < -0.3 is 15.1 Å². The second-order valence-electron chi connectivity index (χ2n) is 6.05. The topological polar surface area (TPSA) is 64.0 Å². The zero-order chi connectivity index (χ0) is 16.3. The average Bonchev–Trinajstić information content (AvgIpc) is 2.52. The molecule has 1 atom stereocenters. The van der Waals surface area contributed by atoms with Gasteiger partial charge in [0.1, 0.15) is 5.75 Å². The summed E-state index contributed by atoms with van der Waals surface area (Å²) in [5, 5.41) is 19.5. The Morgan fingerprint density at radius 3 is 2.41 bits per heavy atom. The summed E-state index contributed by atoms with van der Waals surface area (Å²) in [5.41, 5.74) is 2.09. The first-order valence-corrected chi connectivity index (χ1v) is 7.92. The van der Waals surface area contributed by atoms with Gasteiger partial charge in [-0.05, 0) is 37.5 Å². The molecule has 1 aliphatic heterocycles. The highest BCUT2D eigenvalue weighted by Gasteiger charge is 2.27. The van der Waals surface area contributed by atoms with E-state index in [-0.39, 0.29) is 24.3 Å². The summed E-state index contributed by atoms with van der Waals surface area (Å²) >= 11 is 0. The van der Waals surface area contributed by atoms with Crippen molar-refractivity contribution in [2.45, 2.75) is 33.2 Å². The van der Waals surface area contributed by atoms with E-state index in [1.807, 2.05) is 19.9 Å². The number of aryl methyl sites for hydroxylation is 2. The minimum Gasteiger partial charge on any atom is -0.507 e. The van der Waals surface area contributed by atoms with Crippen molar-refractivity contribution < 1.29 is 15.0 Å². The number of hydrogen-bond donors (Lipinski definition) is 2. The lowest BCUT2D eigenvalue weighted by atomic mass is 10.0. The van der Waals surface area contributed by atoms with Crippen molar-refractivity contribution in [3.05, 3.63) is 28.8 Å². The van der Waals surface area contributed by atoms with E-state index in [0.717, 1.165) is 30.6 Å². The van der Waals surface area contributed by atoms with Gasteiger partial charge in [-0.1, -0.05) is 13.0 Å². The Balaban J connectivity index is 2.07. The zero-order valence-corrected chi connectivity index (χ0v) is 13.7. The molecule has 22 heavy (non-hydrogen) atoms. The first-order chi connectivity index (χ1) is 10.5. The SMILES string of the molecule is CCC(CO)N1CCN(C(=O)c2cc(C)cc(C)c2O)CC1. The van der Waals surface area contributed by atoms with Crippen molar-refractivity contribution in [3.63, 3.8) is 0 Å². The van der Waals surface area contributed by atoms with Gasteiger partial charge in [0.25, 0.3) is 5.91 Å². The van der Waals surface area contributed by atoms with Crippen LogP contribution < -0.4 is 0 Å². The van der Waals surface area contributed by atoms with E-state index in [1.54, 1.807) is 11.0 Å². The van der Waals surface area contributed by atoms with Gasteiger partial charge in [-0.2, -0.15) is 0 Å². The monoisotopic (exact) mass is 306 g/mol. The first-order valence-electron chi connectivity index (χ1n) is 7.92. The smallest absolute Gasteiger partial charge is 0.257 e. The largest absolute Gasteiger partial charge is 0.507 e. The van der Waals surface area contributed by atoms with Crippen molar-refractivity contribution in [1.29, 1.82) is 0 Å². The molecule has 1 heterocycles. The number of carbonyl (C=O) groups excluding carboxylic acids is 1. The number of hydrogen-bond acceptors (Lipinski definition) is 4. The molecule has 122 valence electrons. The molecular formula is C17H26N2O3. The molecule has 1 aromatic carbocycles. The van der Waals surface area contributed by atoms with Gasteiger partial charge in [0.15, 0.2) is 0 Å². The number of benzene rings is 1. The highest BCUT2D eigenvalue weighted by Crippen LogP contribution is 2.25. The summed E-state index contributed by atoms with van der Waals surface area (Å²) in [6, 6.07) is 3.79. The van der Waals surface area contributed by atoms with Crippen LogP contribution in [0.15, 0.2) is 12.1 Å². The van der Waals surface area contributed by atoms with Crippen molar-refractivity contribution in [2.24, 2.45) is 0 Å². The summed E-state index contributed by atoms with van der Waals surface area (Å²) in [6.07, 6.45) is 0.905. The van der Waals surface area contributed by atoms with E-state index in [2.05, 4.69) is 11.8 Å². The number of phenols is 1. The van der Waals surface area contributed by atoms with Crippen molar-refractivity contribution >= 4 is 5.91 Å². The molecule has 1 fully saturated rings. The lowest BCUT2D eigenvalue weighted by Crippen LogP contribution is -2.52. The fraction of sp³-hybridized carbons (Fsp3) is 0.588. The third kappa shape index (κ3) is 3.42. The molecule has 0 aromatic heterocycles. The molecule has 1 saturated heterocycles. The summed E-state index contributed by atoms with van der Waals surface area (Å²) in [7, 11) is 0. The predicted octanol–water partition coefficient (Wildman–Crippen LogP) is 1.54. The molecule has 5 nitrogen and oxygen atoms in total. The van der Waals surface area contributed by atoms with Gasteiger partial charge in [0.2, 0.25) is 0 Å². The number of piperazine rings is 1. The molecule has 0 radical (unpaired) electrons. The van der Waals surface area contributed by atoms with Gasteiger partial charge in [-0.25, -0.2) is 0 Å². The van der Waals surface area contributed by atoms with Gasteiger partial charge in [-0.3, -0.25) is 9.69 Å². The van der Waals surface area contributed by atoms with Crippen LogP contribution in [0.5, 0.6) is 5.75 Å². The summed E-state index contributed by atoms with van der Waals surface area (Å²) in [5.74, 6) is -0.0270. The fourth-order valence-electron chi connectivity index (χ4n) is 3.09. The van der Waals surface area contributed by atoms with Crippen molar-refractivity contribution in [1.82, 2.24) is 9.80 Å². The third-order valence-corrected chi connectivity index (χ3v) is 4.48. The Labute approximate surface area is 132 Å². The van der Waals surface area contributed by atoms with E-state index in [0.29, 0.717) is 18.7 Å². The molecule has 1 unspecified atom stereocenters. The second-order valence-corrected chi connectivity index (χ2v) is 6.05. The molecule has 0 bridgehead atoms. The summed E-state index contributed by atoms with van der Waals surface area (Å²) in [6.45, 7) is 8.73. The van der Waals surface area contributed by atoms with Crippen LogP contribution >= 0.6 is 0 Å². The highest BCUT2D eigenvalue weighted by molar-refractivity contribution is 5.97. The van der Waals surface area contributed by atoms with Crippen LogP contribution in [0.4, 0.5) is 0 Å². The predicted molar refractivity (Wildman–Crippen MR) is 86.2 cm³/mol. The Morgan fingerprint density at radius 1 is 1.23 bits per heavy atom. The number of nitrogens with zero attached hydrogens (tertiary/aromatic N) is 2. The number of aliphatic hydroxyl groups excluding tert-OH is 1. The Bertz CT molecular complexity index is 533. The summed E-state index contributed by atoms with van der Waals surface area (Å²) < 4.78 is 0. The van der Waals surface area contributed by atoms with Crippen LogP contribution in [-0.4, -0.2) is 64.7 Å².